The Labute approximate surface area is 135 Å². The Morgan fingerprint density at radius 1 is 1.39 bits per heavy atom. The second-order valence-corrected chi connectivity index (χ2v) is 6.49. The molecule has 0 bridgehead atoms. The van der Waals surface area contributed by atoms with Gasteiger partial charge in [-0.15, -0.1) is 0 Å². The number of aliphatic hydroxyl groups excluding tert-OH is 1. The lowest BCUT2D eigenvalue weighted by Gasteiger charge is -2.38. The number of nitrogens with one attached hydrogen (secondary N) is 2. The summed E-state index contributed by atoms with van der Waals surface area (Å²) < 4.78 is 1.70. The van der Waals surface area contributed by atoms with E-state index in [1.165, 1.54) is 0 Å². The van der Waals surface area contributed by atoms with Gasteiger partial charge < -0.3 is 15.7 Å². The molecule has 0 radical (unpaired) electrons. The number of hydrogen-bond donors (Lipinski definition) is 3. The number of aliphatic hydroxyl groups is 1. The maximum absolute atomic E-state index is 12.0. The fourth-order valence-corrected chi connectivity index (χ4v) is 3.12. The van der Waals surface area contributed by atoms with Gasteiger partial charge in [0.25, 0.3) is 0 Å². The molecule has 0 aromatic carbocycles. The number of rotatable bonds is 4. The number of aromatic nitrogens is 3. The minimum atomic E-state index is -0.347. The minimum Gasteiger partial charge on any atom is -0.392 e. The lowest BCUT2D eigenvalue weighted by molar-refractivity contribution is 0.00308. The second-order valence-electron chi connectivity index (χ2n) is 6.49. The van der Waals surface area contributed by atoms with Crippen molar-refractivity contribution in [2.45, 2.75) is 45.3 Å². The van der Waals surface area contributed by atoms with Crippen LogP contribution in [0.1, 0.15) is 38.3 Å². The molecule has 1 aliphatic carbocycles. The van der Waals surface area contributed by atoms with Crippen LogP contribution in [0.2, 0.25) is 0 Å². The van der Waals surface area contributed by atoms with Gasteiger partial charge in [0.1, 0.15) is 0 Å². The molecule has 0 aliphatic heterocycles. The average molecular weight is 317 g/mol. The van der Waals surface area contributed by atoms with Crippen molar-refractivity contribution in [2.75, 3.05) is 6.54 Å². The average Bonchev–Trinajstić information content (AvgIpc) is 3.03. The molecule has 3 N–H and O–H groups in total. The van der Waals surface area contributed by atoms with Gasteiger partial charge >= 0.3 is 6.03 Å². The van der Waals surface area contributed by atoms with Crippen molar-refractivity contribution in [3.63, 3.8) is 0 Å². The number of amides is 2. The molecule has 2 heterocycles. The van der Waals surface area contributed by atoms with Crippen LogP contribution >= 0.6 is 0 Å². The predicted molar refractivity (Wildman–Crippen MR) is 85.8 cm³/mol. The van der Waals surface area contributed by atoms with Crippen LogP contribution in [0.5, 0.6) is 0 Å². The zero-order valence-electron chi connectivity index (χ0n) is 13.3. The van der Waals surface area contributed by atoms with E-state index in [9.17, 15) is 9.90 Å². The lowest BCUT2D eigenvalue weighted by atomic mass is 9.73. The van der Waals surface area contributed by atoms with Crippen molar-refractivity contribution in [1.82, 2.24) is 25.2 Å². The van der Waals surface area contributed by atoms with E-state index in [1.54, 1.807) is 16.9 Å². The summed E-state index contributed by atoms with van der Waals surface area (Å²) in [6.45, 7) is 2.88. The van der Waals surface area contributed by atoms with Gasteiger partial charge in [-0.05, 0) is 18.9 Å². The van der Waals surface area contributed by atoms with Crippen molar-refractivity contribution in [2.24, 2.45) is 5.41 Å². The Morgan fingerprint density at radius 3 is 3.09 bits per heavy atom. The first kappa shape index (κ1) is 15.7. The van der Waals surface area contributed by atoms with E-state index in [0.717, 1.165) is 37.0 Å². The van der Waals surface area contributed by atoms with Crippen LogP contribution in [0, 0.1) is 5.41 Å². The molecule has 1 aliphatic rings. The first-order valence-electron chi connectivity index (χ1n) is 8.06. The molecule has 0 saturated heterocycles. The SMILES string of the molecule is CC1(CNC(=O)NCc2ccnc3ccnn23)CCCCC1O. The number of carbonyl (C=O) groups excluding carboxylic acids is 1. The molecule has 1 fully saturated rings. The van der Waals surface area contributed by atoms with Crippen LogP contribution in [0.25, 0.3) is 5.65 Å². The molecule has 0 spiro atoms. The summed E-state index contributed by atoms with van der Waals surface area (Å²) in [5, 5.41) is 20.1. The number of urea groups is 1. The summed E-state index contributed by atoms with van der Waals surface area (Å²) in [7, 11) is 0. The van der Waals surface area contributed by atoms with Gasteiger partial charge in [0.15, 0.2) is 5.65 Å². The van der Waals surface area contributed by atoms with Crippen LogP contribution in [0.15, 0.2) is 24.5 Å². The molecule has 7 nitrogen and oxygen atoms in total. The van der Waals surface area contributed by atoms with Crippen molar-refractivity contribution in [3.8, 4) is 0 Å². The maximum atomic E-state index is 12.0. The zero-order valence-corrected chi connectivity index (χ0v) is 13.3. The zero-order chi connectivity index (χ0) is 16.3. The molecular formula is C16H23N5O2. The summed E-state index contributed by atoms with van der Waals surface area (Å²) in [5.41, 5.74) is 1.38. The quantitative estimate of drug-likeness (QED) is 0.796. The Morgan fingerprint density at radius 2 is 2.26 bits per heavy atom. The summed E-state index contributed by atoms with van der Waals surface area (Å²) >= 11 is 0. The highest BCUT2D eigenvalue weighted by molar-refractivity contribution is 5.73. The molecular weight excluding hydrogens is 294 g/mol. The maximum Gasteiger partial charge on any atom is 0.315 e. The Hall–Kier alpha value is -2.15. The largest absolute Gasteiger partial charge is 0.392 e. The van der Waals surface area contributed by atoms with Crippen molar-refractivity contribution >= 4 is 11.7 Å². The molecule has 23 heavy (non-hydrogen) atoms. The molecule has 2 amide bonds. The van der Waals surface area contributed by atoms with Gasteiger partial charge in [0, 0.05) is 24.2 Å². The summed E-state index contributed by atoms with van der Waals surface area (Å²) in [6, 6.07) is 3.41. The Bertz CT molecular complexity index is 686. The minimum absolute atomic E-state index is 0.235. The summed E-state index contributed by atoms with van der Waals surface area (Å²) in [6.07, 6.45) is 6.94. The monoisotopic (exact) mass is 317 g/mol. The molecule has 7 heteroatoms. The van der Waals surface area contributed by atoms with Gasteiger partial charge in [0.2, 0.25) is 0 Å². The van der Waals surface area contributed by atoms with Crippen LogP contribution in [0.4, 0.5) is 4.79 Å². The number of nitrogens with zero attached hydrogens (tertiary/aromatic N) is 3. The smallest absolute Gasteiger partial charge is 0.315 e. The van der Waals surface area contributed by atoms with Crippen LogP contribution in [-0.4, -0.2) is 38.4 Å². The highest BCUT2D eigenvalue weighted by atomic mass is 16.3. The second kappa shape index (κ2) is 6.54. The third-order valence-corrected chi connectivity index (χ3v) is 4.73. The summed E-state index contributed by atoms with van der Waals surface area (Å²) in [4.78, 5) is 16.2. The van der Waals surface area contributed by atoms with Crippen molar-refractivity contribution in [3.05, 3.63) is 30.2 Å². The van der Waals surface area contributed by atoms with E-state index in [0.29, 0.717) is 13.1 Å². The molecule has 2 aromatic heterocycles. The fourth-order valence-electron chi connectivity index (χ4n) is 3.12. The Kier molecular flexibility index (Phi) is 4.47. The molecule has 1 saturated carbocycles. The van der Waals surface area contributed by atoms with E-state index in [1.807, 2.05) is 19.1 Å². The summed E-state index contributed by atoms with van der Waals surface area (Å²) in [5.74, 6) is 0. The molecule has 3 rings (SSSR count). The number of carbonyl (C=O) groups is 1. The third-order valence-electron chi connectivity index (χ3n) is 4.73. The normalized spacial score (nSPS) is 24.5. The van der Waals surface area contributed by atoms with Crippen molar-refractivity contribution < 1.29 is 9.90 Å². The van der Waals surface area contributed by atoms with Crippen LogP contribution < -0.4 is 10.6 Å². The predicted octanol–water partition coefficient (Wildman–Crippen LogP) is 1.47. The highest BCUT2D eigenvalue weighted by Crippen LogP contribution is 2.35. The lowest BCUT2D eigenvalue weighted by Crippen LogP contribution is -2.47. The highest BCUT2D eigenvalue weighted by Gasteiger charge is 2.35. The van der Waals surface area contributed by atoms with Gasteiger partial charge in [-0.2, -0.15) is 5.10 Å². The first-order chi connectivity index (χ1) is 11.1. The fraction of sp³-hybridized carbons (Fsp3) is 0.562. The number of hydrogen-bond acceptors (Lipinski definition) is 4. The van der Waals surface area contributed by atoms with Crippen LogP contribution in [0.3, 0.4) is 0 Å². The number of fused-ring (bicyclic) bond motifs is 1. The Balaban J connectivity index is 1.53. The van der Waals surface area contributed by atoms with E-state index in [2.05, 4.69) is 20.7 Å². The molecule has 124 valence electrons. The van der Waals surface area contributed by atoms with E-state index >= 15 is 0 Å². The van der Waals surface area contributed by atoms with Crippen molar-refractivity contribution in [1.29, 1.82) is 0 Å². The van der Waals surface area contributed by atoms with E-state index < -0.39 is 0 Å². The topological polar surface area (TPSA) is 91.5 Å². The molecule has 2 atom stereocenters. The van der Waals surface area contributed by atoms with Gasteiger partial charge in [0.05, 0.1) is 24.5 Å². The van der Waals surface area contributed by atoms with Gasteiger partial charge in [-0.25, -0.2) is 14.3 Å². The molecule has 2 aromatic rings. The molecule has 2 unspecified atom stereocenters. The first-order valence-corrected chi connectivity index (χ1v) is 8.06. The van der Waals surface area contributed by atoms with Gasteiger partial charge in [-0.3, -0.25) is 0 Å². The standard InChI is InChI=1S/C16H23N5O2/c1-16(7-3-2-4-13(16)22)11-19-15(23)18-10-12-5-8-17-14-6-9-20-21(12)14/h5-6,8-9,13,22H,2-4,7,10-11H2,1H3,(H2,18,19,23). The van der Waals surface area contributed by atoms with Crippen LogP contribution in [-0.2, 0) is 6.54 Å². The van der Waals surface area contributed by atoms with Gasteiger partial charge in [-0.1, -0.05) is 19.8 Å². The third kappa shape index (κ3) is 3.44. The van der Waals surface area contributed by atoms with E-state index in [-0.39, 0.29) is 17.6 Å². The van der Waals surface area contributed by atoms with E-state index in [4.69, 9.17) is 0 Å².